The summed E-state index contributed by atoms with van der Waals surface area (Å²) in [4.78, 5) is 15.1. The maximum absolute atomic E-state index is 10.4. The molecule has 1 unspecified atom stereocenters. The monoisotopic (exact) mass is 267 g/mol. The van der Waals surface area contributed by atoms with Crippen molar-refractivity contribution in [3.8, 4) is 0 Å². The minimum Gasteiger partial charge on any atom is -0.478 e. The highest BCUT2D eigenvalue weighted by molar-refractivity contribution is 7.12. The second-order valence-electron chi connectivity index (χ2n) is 4.30. The van der Waals surface area contributed by atoms with Crippen molar-refractivity contribution in [1.82, 2.24) is 4.90 Å². The largest absolute Gasteiger partial charge is 0.478 e. The van der Waals surface area contributed by atoms with Gasteiger partial charge in [-0.15, -0.1) is 11.3 Å². The van der Waals surface area contributed by atoms with Crippen LogP contribution >= 0.6 is 11.3 Å². The molecule has 0 saturated carbocycles. The van der Waals surface area contributed by atoms with Crippen molar-refractivity contribution >= 4 is 23.4 Å². The number of hydrogen-bond acceptors (Lipinski definition) is 3. The van der Waals surface area contributed by atoms with Gasteiger partial charge in [-0.25, -0.2) is 4.79 Å². The van der Waals surface area contributed by atoms with Crippen LogP contribution in [0.5, 0.6) is 0 Å². The highest BCUT2D eigenvalue weighted by atomic mass is 32.1. The fraction of sp³-hybridized carbons (Fsp3) is 0.500. The average Bonchev–Trinajstić information content (AvgIpc) is 2.80. The van der Waals surface area contributed by atoms with Gasteiger partial charge in [0.05, 0.1) is 0 Å². The summed E-state index contributed by atoms with van der Waals surface area (Å²) in [5, 5.41) is 8.58. The fourth-order valence-corrected chi connectivity index (χ4v) is 2.70. The summed E-state index contributed by atoms with van der Waals surface area (Å²) in [6.45, 7) is 8.58. The predicted molar refractivity (Wildman–Crippen MR) is 76.8 cm³/mol. The normalized spacial score (nSPS) is 13.3. The number of rotatable bonds is 7. The van der Waals surface area contributed by atoms with E-state index in [0.29, 0.717) is 6.04 Å². The molecule has 0 spiro atoms. The van der Waals surface area contributed by atoms with Crippen molar-refractivity contribution in [1.29, 1.82) is 0 Å². The van der Waals surface area contributed by atoms with Gasteiger partial charge in [-0.2, -0.15) is 0 Å². The van der Waals surface area contributed by atoms with E-state index in [0.717, 1.165) is 24.4 Å². The molecule has 0 fully saturated rings. The molecule has 1 aromatic rings. The molecule has 0 amide bonds. The Bertz CT molecular complexity index is 412. The molecule has 0 aliphatic rings. The van der Waals surface area contributed by atoms with Crippen LogP contribution in [0.3, 0.4) is 0 Å². The van der Waals surface area contributed by atoms with Crippen molar-refractivity contribution in [3.63, 3.8) is 0 Å². The molecule has 1 heterocycles. The zero-order valence-corrected chi connectivity index (χ0v) is 12.0. The van der Waals surface area contributed by atoms with Crippen LogP contribution in [0.2, 0.25) is 0 Å². The van der Waals surface area contributed by atoms with Crippen LogP contribution in [0.1, 0.15) is 36.9 Å². The average molecular weight is 267 g/mol. The molecular formula is C14H21NO2S. The molecule has 4 heteroatoms. The van der Waals surface area contributed by atoms with Gasteiger partial charge in [0.25, 0.3) is 0 Å². The van der Waals surface area contributed by atoms with Gasteiger partial charge in [0, 0.05) is 28.4 Å². The van der Waals surface area contributed by atoms with Crippen LogP contribution in [0.25, 0.3) is 6.08 Å². The first-order valence-corrected chi connectivity index (χ1v) is 7.12. The molecule has 0 saturated heterocycles. The van der Waals surface area contributed by atoms with Crippen LogP contribution in [0.15, 0.2) is 18.2 Å². The standard InChI is InChI=1S/C14H21NO2S/c1-4-11(3)15(5-2)10-13-7-6-12(18-13)8-9-14(16)17/h6-9,11H,4-5,10H2,1-3H3,(H,16,17). The predicted octanol–water partition coefficient (Wildman–Crippen LogP) is 3.47. The van der Waals surface area contributed by atoms with E-state index in [9.17, 15) is 4.79 Å². The van der Waals surface area contributed by atoms with Gasteiger partial charge in [-0.1, -0.05) is 13.8 Å². The molecule has 0 aliphatic heterocycles. The van der Waals surface area contributed by atoms with Crippen LogP contribution in [-0.2, 0) is 11.3 Å². The van der Waals surface area contributed by atoms with Gasteiger partial charge in [-0.3, -0.25) is 4.90 Å². The lowest BCUT2D eigenvalue weighted by Gasteiger charge is -2.26. The van der Waals surface area contributed by atoms with Crippen LogP contribution in [-0.4, -0.2) is 28.6 Å². The molecule has 0 radical (unpaired) electrons. The molecular weight excluding hydrogens is 246 g/mol. The van der Waals surface area contributed by atoms with Gasteiger partial charge in [0.1, 0.15) is 0 Å². The van der Waals surface area contributed by atoms with E-state index in [4.69, 9.17) is 5.11 Å². The fourth-order valence-electron chi connectivity index (χ4n) is 1.76. The van der Waals surface area contributed by atoms with Gasteiger partial charge in [0.2, 0.25) is 0 Å². The Balaban J connectivity index is 2.65. The highest BCUT2D eigenvalue weighted by Crippen LogP contribution is 2.21. The maximum Gasteiger partial charge on any atom is 0.328 e. The number of thiophene rings is 1. The molecule has 18 heavy (non-hydrogen) atoms. The molecule has 1 N–H and O–H groups in total. The summed E-state index contributed by atoms with van der Waals surface area (Å²) in [6.07, 6.45) is 3.98. The minimum absolute atomic E-state index is 0.579. The first-order valence-electron chi connectivity index (χ1n) is 6.30. The quantitative estimate of drug-likeness (QED) is 0.769. The van der Waals surface area contributed by atoms with E-state index in [1.165, 1.54) is 11.0 Å². The third kappa shape index (κ3) is 4.63. The minimum atomic E-state index is -0.903. The summed E-state index contributed by atoms with van der Waals surface area (Å²) in [7, 11) is 0. The van der Waals surface area contributed by atoms with E-state index in [2.05, 4.69) is 31.7 Å². The molecule has 1 aromatic heterocycles. The molecule has 3 nitrogen and oxygen atoms in total. The van der Waals surface area contributed by atoms with E-state index in [-0.39, 0.29) is 0 Å². The van der Waals surface area contributed by atoms with E-state index >= 15 is 0 Å². The van der Waals surface area contributed by atoms with Crippen molar-refractivity contribution in [2.75, 3.05) is 6.54 Å². The first kappa shape index (κ1) is 14.9. The number of aliphatic carboxylic acids is 1. The van der Waals surface area contributed by atoms with E-state index in [1.54, 1.807) is 17.4 Å². The lowest BCUT2D eigenvalue weighted by atomic mass is 10.2. The summed E-state index contributed by atoms with van der Waals surface area (Å²) in [6, 6.07) is 4.64. The molecule has 100 valence electrons. The Morgan fingerprint density at radius 1 is 1.50 bits per heavy atom. The topological polar surface area (TPSA) is 40.5 Å². The van der Waals surface area contributed by atoms with Gasteiger partial charge in [-0.05, 0) is 38.1 Å². The second-order valence-corrected chi connectivity index (χ2v) is 5.50. The van der Waals surface area contributed by atoms with Gasteiger partial charge in [0.15, 0.2) is 0 Å². The molecule has 1 rings (SSSR count). The summed E-state index contributed by atoms with van der Waals surface area (Å²) in [5.74, 6) is -0.903. The van der Waals surface area contributed by atoms with E-state index in [1.807, 2.05) is 6.07 Å². The zero-order chi connectivity index (χ0) is 13.5. The molecule has 1 atom stereocenters. The third-order valence-electron chi connectivity index (χ3n) is 3.05. The van der Waals surface area contributed by atoms with Crippen molar-refractivity contribution in [3.05, 3.63) is 28.0 Å². The van der Waals surface area contributed by atoms with Gasteiger partial charge < -0.3 is 5.11 Å². The molecule has 0 bridgehead atoms. The van der Waals surface area contributed by atoms with Crippen LogP contribution in [0.4, 0.5) is 0 Å². The Labute approximate surface area is 113 Å². The van der Waals surface area contributed by atoms with E-state index < -0.39 is 5.97 Å². The zero-order valence-electron chi connectivity index (χ0n) is 11.2. The second kappa shape index (κ2) is 7.34. The summed E-state index contributed by atoms with van der Waals surface area (Å²) >= 11 is 1.65. The van der Waals surface area contributed by atoms with Crippen LogP contribution in [0, 0.1) is 0 Å². The van der Waals surface area contributed by atoms with Gasteiger partial charge >= 0.3 is 5.97 Å². The lowest BCUT2D eigenvalue weighted by molar-refractivity contribution is -0.131. The lowest BCUT2D eigenvalue weighted by Crippen LogP contribution is -2.31. The van der Waals surface area contributed by atoms with Crippen molar-refractivity contribution in [2.24, 2.45) is 0 Å². The van der Waals surface area contributed by atoms with Crippen molar-refractivity contribution in [2.45, 2.75) is 39.8 Å². The third-order valence-corrected chi connectivity index (χ3v) is 4.09. The van der Waals surface area contributed by atoms with Crippen LogP contribution < -0.4 is 0 Å². The smallest absolute Gasteiger partial charge is 0.328 e. The Hall–Kier alpha value is -1.13. The number of carboxylic acid groups (broad SMARTS) is 1. The maximum atomic E-state index is 10.4. The SMILES string of the molecule is CCC(C)N(CC)Cc1ccc(C=CC(=O)O)s1. The molecule has 0 aromatic carbocycles. The number of hydrogen-bond donors (Lipinski definition) is 1. The first-order chi connectivity index (χ1) is 8.56. The Kier molecular flexibility index (Phi) is 6.09. The summed E-state index contributed by atoms with van der Waals surface area (Å²) in [5.41, 5.74) is 0. The summed E-state index contributed by atoms with van der Waals surface area (Å²) < 4.78 is 0. The highest BCUT2D eigenvalue weighted by Gasteiger charge is 2.11. The number of nitrogens with zero attached hydrogens (tertiary/aromatic N) is 1. The number of carboxylic acids is 1. The Morgan fingerprint density at radius 3 is 2.78 bits per heavy atom. The number of carbonyl (C=O) groups is 1. The van der Waals surface area contributed by atoms with Crippen molar-refractivity contribution < 1.29 is 9.90 Å². The Morgan fingerprint density at radius 2 is 2.22 bits per heavy atom. The molecule has 0 aliphatic carbocycles.